The number of nitrogens with one attached hydrogen (secondary N) is 1. The molecule has 0 aliphatic rings. The molecule has 2 nitrogen and oxygen atoms in total. The lowest BCUT2D eigenvalue weighted by Crippen LogP contribution is -2.27. The Morgan fingerprint density at radius 3 is 2.47 bits per heavy atom. The van der Waals surface area contributed by atoms with Crippen molar-refractivity contribution in [3.8, 4) is 0 Å². The normalized spacial score (nSPS) is 12.3. The molecule has 0 spiro atoms. The molecule has 0 amide bonds. The Bertz CT molecular complexity index is 292. The summed E-state index contributed by atoms with van der Waals surface area (Å²) in [4.78, 5) is 0. The van der Waals surface area contributed by atoms with Crippen molar-refractivity contribution in [2.75, 3.05) is 6.54 Å². The highest BCUT2D eigenvalue weighted by atomic mass is 35.5. The first kappa shape index (κ1) is 14.7. The molecule has 0 fully saturated rings. The zero-order valence-electron chi connectivity index (χ0n) is 8.90. The van der Waals surface area contributed by atoms with E-state index >= 15 is 0 Å². The van der Waals surface area contributed by atoms with Crippen LogP contribution < -0.4 is 5.32 Å². The van der Waals surface area contributed by atoms with Gasteiger partial charge in [0, 0.05) is 23.2 Å². The van der Waals surface area contributed by atoms with Crippen LogP contribution in [0.25, 0.3) is 0 Å². The van der Waals surface area contributed by atoms with Gasteiger partial charge < -0.3 is 10.4 Å². The van der Waals surface area contributed by atoms with Crippen LogP contribution in [0.3, 0.4) is 0 Å². The van der Waals surface area contributed by atoms with Gasteiger partial charge in [0.2, 0.25) is 0 Å². The summed E-state index contributed by atoms with van der Waals surface area (Å²) in [5.41, 5.74) is 0.780. The monoisotopic (exact) mass is 249 g/mol. The van der Waals surface area contributed by atoms with Crippen molar-refractivity contribution in [2.45, 2.75) is 26.0 Å². The molecule has 1 rings (SSSR count). The van der Waals surface area contributed by atoms with E-state index in [4.69, 9.17) is 11.6 Å². The number of hydrogen-bond acceptors (Lipinski definition) is 2. The Morgan fingerprint density at radius 1 is 1.33 bits per heavy atom. The largest absolute Gasteiger partial charge is 0.387 e. The van der Waals surface area contributed by atoms with Gasteiger partial charge in [0.1, 0.15) is 0 Å². The highest BCUT2D eigenvalue weighted by Gasteiger charge is 2.10. The van der Waals surface area contributed by atoms with E-state index in [9.17, 15) is 5.11 Å². The van der Waals surface area contributed by atoms with Gasteiger partial charge in [-0.2, -0.15) is 0 Å². The maximum atomic E-state index is 9.80. The molecule has 0 aliphatic carbocycles. The zero-order valence-corrected chi connectivity index (χ0v) is 10.5. The lowest BCUT2D eigenvalue weighted by molar-refractivity contribution is 0.171. The second-order valence-electron chi connectivity index (χ2n) is 3.60. The summed E-state index contributed by atoms with van der Waals surface area (Å²) in [7, 11) is 0. The van der Waals surface area contributed by atoms with Gasteiger partial charge >= 0.3 is 0 Å². The van der Waals surface area contributed by atoms with Gasteiger partial charge in [-0.05, 0) is 6.07 Å². The molecular formula is C11H17Cl2NO. The summed E-state index contributed by atoms with van der Waals surface area (Å²) in [6, 6.07) is 7.73. The molecule has 15 heavy (non-hydrogen) atoms. The third-order valence-corrected chi connectivity index (χ3v) is 2.33. The third-order valence-electron chi connectivity index (χ3n) is 1.98. The van der Waals surface area contributed by atoms with Crippen LogP contribution in [0, 0.1) is 0 Å². The van der Waals surface area contributed by atoms with Crippen molar-refractivity contribution in [3.63, 3.8) is 0 Å². The Hall–Kier alpha value is -0.280. The topological polar surface area (TPSA) is 32.3 Å². The molecule has 1 aromatic rings. The van der Waals surface area contributed by atoms with Crippen molar-refractivity contribution in [3.05, 3.63) is 34.9 Å². The molecule has 4 heteroatoms. The maximum Gasteiger partial charge on any atom is 0.0928 e. The number of rotatable bonds is 4. The predicted molar refractivity (Wildman–Crippen MR) is 66.8 cm³/mol. The molecule has 0 aliphatic heterocycles. The number of hydrogen-bond donors (Lipinski definition) is 2. The summed E-state index contributed by atoms with van der Waals surface area (Å²) in [5, 5.41) is 13.6. The third kappa shape index (κ3) is 4.85. The average Bonchev–Trinajstić information content (AvgIpc) is 2.15. The molecule has 1 atom stereocenters. The van der Waals surface area contributed by atoms with Crippen LogP contribution in [0.1, 0.15) is 25.5 Å². The molecule has 0 saturated heterocycles. The Morgan fingerprint density at radius 2 is 1.93 bits per heavy atom. The number of aliphatic hydroxyl groups excluding tert-OH is 1. The fourth-order valence-corrected chi connectivity index (χ4v) is 1.46. The van der Waals surface area contributed by atoms with Crippen molar-refractivity contribution in [1.82, 2.24) is 5.32 Å². The standard InChI is InChI=1S/C11H16ClNO.ClH/c1-8(2)13-7-11(14)9-5-3-4-6-10(9)12;/h3-6,8,11,13-14H,7H2,1-2H3;1H/t11-;/m1./s1. The van der Waals surface area contributed by atoms with Crippen LogP contribution in [0.5, 0.6) is 0 Å². The highest BCUT2D eigenvalue weighted by Crippen LogP contribution is 2.21. The van der Waals surface area contributed by atoms with Gasteiger partial charge in [0.05, 0.1) is 6.10 Å². The smallest absolute Gasteiger partial charge is 0.0928 e. The van der Waals surface area contributed by atoms with Crippen LogP contribution in [0.2, 0.25) is 5.02 Å². The van der Waals surface area contributed by atoms with Gasteiger partial charge in [-0.25, -0.2) is 0 Å². The van der Waals surface area contributed by atoms with E-state index in [1.54, 1.807) is 6.07 Å². The van der Waals surface area contributed by atoms with Crippen molar-refractivity contribution < 1.29 is 5.11 Å². The molecule has 0 aromatic heterocycles. The number of benzene rings is 1. The second-order valence-corrected chi connectivity index (χ2v) is 4.01. The maximum absolute atomic E-state index is 9.80. The lowest BCUT2D eigenvalue weighted by atomic mass is 10.1. The quantitative estimate of drug-likeness (QED) is 0.861. The number of aliphatic hydroxyl groups is 1. The summed E-state index contributed by atoms with van der Waals surface area (Å²) in [6.07, 6.45) is -0.536. The molecule has 0 radical (unpaired) electrons. The van der Waals surface area contributed by atoms with E-state index < -0.39 is 6.10 Å². The van der Waals surface area contributed by atoms with E-state index in [-0.39, 0.29) is 12.4 Å². The van der Waals surface area contributed by atoms with Gasteiger partial charge in [0.25, 0.3) is 0 Å². The Kier molecular flexibility index (Phi) is 6.94. The minimum Gasteiger partial charge on any atom is -0.387 e. The molecule has 86 valence electrons. The highest BCUT2D eigenvalue weighted by molar-refractivity contribution is 6.31. The Labute approximate surface area is 102 Å². The van der Waals surface area contributed by atoms with Crippen LogP contribution in [0.4, 0.5) is 0 Å². The van der Waals surface area contributed by atoms with E-state index in [1.165, 1.54) is 0 Å². The minimum absolute atomic E-state index is 0. The molecule has 1 aromatic carbocycles. The van der Waals surface area contributed by atoms with Crippen LogP contribution >= 0.6 is 24.0 Å². The molecule has 0 saturated carbocycles. The van der Waals surface area contributed by atoms with Crippen LogP contribution in [-0.2, 0) is 0 Å². The first-order valence-corrected chi connectivity index (χ1v) is 5.15. The average molecular weight is 250 g/mol. The SMILES string of the molecule is CC(C)NC[C@@H](O)c1ccccc1Cl.Cl. The van der Waals surface area contributed by atoms with E-state index in [0.29, 0.717) is 17.6 Å². The second kappa shape index (κ2) is 7.07. The van der Waals surface area contributed by atoms with Gasteiger partial charge in [-0.3, -0.25) is 0 Å². The summed E-state index contributed by atoms with van der Waals surface area (Å²) in [5.74, 6) is 0. The van der Waals surface area contributed by atoms with Gasteiger partial charge in [-0.1, -0.05) is 43.6 Å². The van der Waals surface area contributed by atoms with E-state index in [1.807, 2.05) is 32.0 Å². The first-order chi connectivity index (χ1) is 6.61. The van der Waals surface area contributed by atoms with Crippen LogP contribution in [0.15, 0.2) is 24.3 Å². The van der Waals surface area contributed by atoms with Gasteiger partial charge in [-0.15, -0.1) is 12.4 Å². The Balaban J connectivity index is 0.00000196. The fraction of sp³-hybridized carbons (Fsp3) is 0.455. The van der Waals surface area contributed by atoms with Crippen molar-refractivity contribution in [2.24, 2.45) is 0 Å². The molecule has 2 N–H and O–H groups in total. The first-order valence-electron chi connectivity index (χ1n) is 4.77. The summed E-state index contributed by atoms with van der Waals surface area (Å²) < 4.78 is 0. The van der Waals surface area contributed by atoms with Crippen LogP contribution in [-0.4, -0.2) is 17.7 Å². The number of halogens is 2. The summed E-state index contributed by atoms with van der Waals surface area (Å²) in [6.45, 7) is 4.61. The minimum atomic E-state index is -0.536. The summed E-state index contributed by atoms with van der Waals surface area (Å²) >= 11 is 5.95. The zero-order chi connectivity index (χ0) is 10.6. The predicted octanol–water partition coefficient (Wildman–Crippen LogP) is 2.79. The molecule has 0 unspecified atom stereocenters. The fourth-order valence-electron chi connectivity index (χ4n) is 1.20. The van der Waals surface area contributed by atoms with Crippen molar-refractivity contribution in [1.29, 1.82) is 0 Å². The molecule has 0 heterocycles. The van der Waals surface area contributed by atoms with E-state index in [2.05, 4.69) is 5.32 Å². The molecular weight excluding hydrogens is 233 g/mol. The molecule has 0 bridgehead atoms. The van der Waals surface area contributed by atoms with Gasteiger partial charge in [0.15, 0.2) is 0 Å². The van der Waals surface area contributed by atoms with E-state index in [0.717, 1.165) is 5.56 Å². The lowest BCUT2D eigenvalue weighted by Gasteiger charge is -2.15. The van der Waals surface area contributed by atoms with Crippen molar-refractivity contribution >= 4 is 24.0 Å².